The van der Waals surface area contributed by atoms with Crippen molar-refractivity contribution < 1.29 is 15.3 Å². The smallest absolute Gasteiger partial charge is 0.108 e. The zero-order valence-corrected chi connectivity index (χ0v) is 13.1. The summed E-state index contributed by atoms with van der Waals surface area (Å²) in [6, 6.07) is 0. The van der Waals surface area contributed by atoms with E-state index in [9.17, 15) is 15.3 Å². The van der Waals surface area contributed by atoms with Crippen LogP contribution in [0.4, 0.5) is 0 Å². The van der Waals surface area contributed by atoms with Gasteiger partial charge in [0.2, 0.25) is 0 Å². The molecule has 0 radical (unpaired) electrons. The molecular weight excluding hydrogens is 254 g/mol. The minimum absolute atomic E-state index is 0.409. The van der Waals surface area contributed by atoms with Crippen LogP contribution in [0.2, 0.25) is 0 Å². The van der Waals surface area contributed by atoms with Crippen LogP contribution in [0.3, 0.4) is 0 Å². The Kier molecular flexibility index (Phi) is 5.11. The van der Waals surface area contributed by atoms with E-state index in [0.29, 0.717) is 24.4 Å². The SMILES string of the molecule is CC(C)(C)[C@H]1CC[C@H](CN2C[C@@H](O)[C@H](O)[C@@H](O)C2)CC1. The normalized spacial score (nSPS) is 40.8. The van der Waals surface area contributed by atoms with Gasteiger partial charge in [-0.2, -0.15) is 0 Å². The number of hydrogen-bond donors (Lipinski definition) is 3. The molecule has 0 amide bonds. The minimum atomic E-state index is -0.983. The summed E-state index contributed by atoms with van der Waals surface area (Å²) in [5, 5.41) is 29.1. The molecule has 0 spiro atoms. The van der Waals surface area contributed by atoms with Crippen molar-refractivity contribution in [3.8, 4) is 0 Å². The first-order valence-electron chi connectivity index (χ1n) is 8.04. The lowest BCUT2D eigenvalue weighted by atomic mass is 9.70. The number of hydrogen-bond acceptors (Lipinski definition) is 4. The molecule has 0 aromatic rings. The highest BCUT2D eigenvalue weighted by atomic mass is 16.4. The summed E-state index contributed by atoms with van der Waals surface area (Å²) in [5.74, 6) is 1.49. The molecule has 1 saturated carbocycles. The third-order valence-corrected chi connectivity index (χ3v) is 5.27. The van der Waals surface area contributed by atoms with Gasteiger partial charge in [0.1, 0.15) is 6.10 Å². The van der Waals surface area contributed by atoms with Crippen molar-refractivity contribution in [1.82, 2.24) is 4.90 Å². The lowest BCUT2D eigenvalue weighted by Gasteiger charge is -2.41. The van der Waals surface area contributed by atoms with Crippen LogP contribution in [0.1, 0.15) is 46.5 Å². The van der Waals surface area contributed by atoms with E-state index in [2.05, 4.69) is 25.7 Å². The van der Waals surface area contributed by atoms with Crippen molar-refractivity contribution in [2.45, 2.75) is 64.8 Å². The summed E-state index contributed by atoms with van der Waals surface area (Å²) >= 11 is 0. The second-order valence-electron chi connectivity index (χ2n) is 7.93. The molecule has 2 rings (SSSR count). The first-order chi connectivity index (χ1) is 9.27. The maximum atomic E-state index is 9.75. The number of rotatable bonds is 2. The second kappa shape index (κ2) is 6.30. The number of piperidine rings is 1. The Balaban J connectivity index is 1.78. The van der Waals surface area contributed by atoms with Crippen molar-refractivity contribution in [1.29, 1.82) is 0 Å². The Morgan fingerprint density at radius 2 is 1.40 bits per heavy atom. The molecule has 1 aliphatic heterocycles. The van der Waals surface area contributed by atoms with Crippen LogP contribution in [-0.2, 0) is 0 Å². The van der Waals surface area contributed by atoms with Gasteiger partial charge in [-0.1, -0.05) is 20.8 Å². The van der Waals surface area contributed by atoms with Crippen molar-refractivity contribution in [2.75, 3.05) is 19.6 Å². The first kappa shape index (κ1) is 16.2. The molecule has 0 unspecified atom stereocenters. The average molecular weight is 285 g/mol. The van der Waals surface area contributed by atoms with Crippen LogP contribution in [0.25, 0.3) is 0 Å². The van der Waals surface area contributed by atoms with Crippen LogP contribution >= 0.6 is 0 Å². The molecule has 20 heavy (non-hydrogen) atoms. The largest absolute Gasteiger partial charge is 0.389 e. The van der Waals surface area contributed by atoms with Crippen molar-refractivity contribution in [3.63, 3.8) is 0 Å². The van der Waals surface area contributed by atoms with Gasteiger partial charge in [0.15, 0.2) is 0 Å². The molecule has 1 aliphatic carbocycles. The van der Waals surface area contributed by atoms with E-state index in [4.69, 9.17) is 0 Å². The zero-order valence-electron chi connectivity index (χ0n) is 13.1. The van der Waals surface area contributed by atoms with Crippen LogP contribution < -0.4 is 0 Å². The molecule has 4 heteroatoms. The van der Waals surface area contributed by atoms with E-state index in [1.807, 2.05) is 0 Å². The standard InChI is InChI=1S/C16H31NO3/c1-16(2,3)12-6-4-11(5-7-12)8-17-9-13(18)15(20)14(19)10-17/h11-15,18-20H,4-10H2,1-3H3/t11-,12-,13-,14+,15+. The highest BCUT2D eigenvalue weighted by Crippen LogP contribution is 2.40. The van der Waals surface area contributed by atoms with E-state index < -0.39 is 18.3 Å². The van der Waals surface area contributed by atoms with E-state index in [0.717, 1.165) is 12.5 Å². The minimum Gasteiger partial charge on any atom is -0.389 e. The highest BCUT2D eigenvalue weighted by molar-refractivity contribution is 4.88. The van der Waals surface area contributed by atoms with Gasteiger partial charge >= 0.3 is 0 Å². The van der Waals surface area contributed by atoms with Crippen molar-refractivity contribution in [3.05, 3.63) is 0 Å². The third kappa shape index (κ3) is 3.94. The van der Waals surface area contributed by atoms with Gasteiger partial charge in [-0.15, -0.1) is 0 Å². The number of likely N-dealkylation sites (tertiary alicyclic amines) is 1. The molecule has 3 atom stereocenters. The topological polar surface area (TPSA) is 63.9 Å². The second-order valence-corrected chi connectivity index (χ2v) is 7.93. The van der Waals surface area contributed by atoms with E-state index in [1.165, 1.54) is 25.7 Å². The maximum Gasteiger partial charge on any atom is 0.108 e. The average Bonchev–Trinajstić information content (AvgIpc) is 2.35. The summed E-state index contributed by atoms with van der Waals surface area (Å²) in [5.41, 5.74) is 0.409. The number of aliphatic hydroxyl groups is 3. The van der Waals surface area contributed by atoms with Crippen LogP contribution in [-0.4, -0.2) is 58.2 Å². The molecule has 0 bridgehead atoms. The summed E-state index contributed by atoms with van der Waals surface area (Å²) in [6.45, 7) is 8.90. The Bertz CT molecular complexity index is 295. The van der Waals surface area contributed by atoms with E-state index >= 15 is 0 Å². The van der Waals surface area contributed by atoms with E-state index in [-0.39, 0.29) is 0 Å². The number of nitrogens with zero attached hydrogens (tertiary/aromatic N) is 1. The predicted molar refractivity (Wildman–Crippen MR) is 79.4 cm³/mol. The van der Waals surface area contributed by atoms with Crippen LogP contribution in [0, 0.1) is 17.3 Å². The molecule has 4 nitrogen and oxygen atoms in total. The summed E-state index contributed by atoms with van der Waals surface area (Å²) in [4.78, 5) is 2.12. The van der Waals surface area contributed by atoms with Crippen molar-refractivity contribution >= 4 is 0 Å². The monoisotopic (exact) mass is 285 g/mol. The number of aliphatic hydroxyl groups excluding tert-OH is 3. The fourth-order valence-corrected chi connectivity index (χ4v) is 3.80. The number of β-amino-alcohol motifs (C(OH)–C–C–N with tert-alkyl or cyclic N) is 2. The van der Waals surface area contributed by atoms with Gasteiger partial charge < -0.3 is 15.3 Å². The van der Waals surface area contributed by atoms with Crippen LogP contribution in [0.15, 0.2) is 0 Å². The Morgan fingerprint density at radius 3 is 1.85 bits per heavy atom. The maximum absolute atomic E-state index is 9.75. The Morgan fingerprint density at radius 1 is 0.900 bits per heavy atom. The molecule has 3 N–H and O–H groups in total. The van der Waals surface area contributed by atoms with Gasteiger partial charge in [0.25, 0.3) is 0 Å². The molecule has 0 aromatic carbocycles. The predicted octanol–water partition coefficient (Wildman–Crippen LogP) is 1.24. The lowest BCUT2D eigenvalue weighted by Crippen LogP contribution is -2.56. The highest BCUT2D eigenvalue weighted by Gasteiger charge is 2.35. The Hall–Kier alpha value is -0.160. The molecule has 118 valence electrons. The quantitative estimate of drug-likeness (QED) is 0.714. The van der Waals surface area contributed by atoms with Gasteiger partial charge in [-0.3, -0.25) is 4.90 Å². The van der Waals surface area contributed by atoms with Gasteiger partial charge in [-0.05, 0) is 42.9 Å². The van der Waals surface area contributed by atoms with Gasteiger partial charge in [0, 0.05) is 19.6 Å². The van der Waals surface area contributed by atoms with Crippen LogP contribution in [0.5, 0.6) is 0 Å². The van der Waals surface area contributed by atoms with Crippen molar-refractivity contribution in [2.24, 2.45) is 17.3 Å². The molecule has 2 aliphatic rings. The fraction of sp³-hybridized carbons (Fsp3) is 1.00. The first-order valence-corrected chi connectivity index (χ1v) is 8.04. The molecular formula is C16H31NO3. The molecule has 2 fully saturated rings. The molecule has 1 saturated heterocycles. The lowest BCUT2D eigenvalue weighted by molar-refractivity contribution is -0.112. The molecule has 1 heterocycles. The zero-order chi connectivity index (χ0) is 14.9. The summed E-state index contributed by atoms with van der Waals surface area (Å²) < 4.78 is 0. The third-order valence-electron chi connectivity index (χ3n) is 5.27. The van der Waals surface area contributed by atoms with E-state index in [1.54, 1.807) is 0 Å². The van der Waals surface area contributed by atoms with Gasteiger partial charge in [-0.25, -0.2) is 0 Å². The molecule has 0 aromatic heterocycles. The van der Waals surface area contributed by atoms with Gasteiger partial charge in [0.05, 0.1) is 12.2 Å². The summed E-state index contributed by atoms with van der Waals surface area (Å²) in [6.07, 6.45) is 2.45. The Labute approximate surface area is 122 Å². The summed E-state index contributed by atoms with van der Waals surface area (Å²) in [7, 11) is 0. The fourth-order valence-electron chi connectivity index (χ4n) is 3.80.